The number of amides is 1. The van der Waals surface area contributed by atoms with Gasteiger partial charge in [0.2, 0.25) is 0 Å². The number of likely N-dealkylation sites (tertiary alicyclic amines) is 1. The Bertz CT molecular complexity index is 881. The van der Waals surface area contributed by atoms with Crippen molar-refractivity contribution in [3.05, 3.63) is 71.1 Å². The molecule has 1 aliphatic heterocycles. The van der Waals surface area contributed by atoms with E-state index >= 15 is 0 Å². The molecule has 24 heavy (non-hydrogen) atoms. The van der Waals surface area contributed by atoms with E-state index in [0.717, 1.165) is 25.8 Å². The van der Waals surface area contributed by atoms with Crippen molar-refractivity contribution in [2.45, 2.75) is 25.3 Å². The molecule has 0 saturated carbocycles. The summed E-state index contributed by atoms with van der Waals surface area (Å²) in [6.45, 7) is 0.770. The van der Waals surface area contributed by atoms with E-state index in [1.54, 1.807) is 12.1 Å². The van der Waals surface area contributed by atoms with Crippen molar-refractivity contribution in [3.63, 3.8) is 0 Å². The van der Waals surface area contributed by atoms with Gasteiger partial charge in [-0.1, -0.05) is 42.5 Å². The third-order valence-electron chi connectivity index (χ3n) is 4.76. The highest BCUT2D eigenvalue weighted by Gasteiger charge is 2.31. The largest absolute Gasteiger partial charge is 0.440 e. The molecule has 122 valence electrons. The van der Waals surface area contributed by atoms with E-state index in [-0.39, 0.29) is 17.2 Å². The topological polar surface area (TPSA) is 33.5 Å². The molecule has 4 rings (SSSR count). The molecule has 0 aliphatic carbocycles. The van der Waals surface area contributed by atoms with Crippen LogP contribution in [0.1, 0.15) is 29.0 Å². The van der Waals surface area contributed by atoms with E-state index in [9.17, 15) is 4.79 Å². The van der Waals surface area contributed by atoms with Gasteiger partial charge in [-0.05, 0) is 59.3 Å². The summed E-state index contributed by atoms with van der Waals surface area (Å²) in [6.07, 6.45) is 2.90. The van der Waals surface area contributed by atoms with Crippen LogP contribution in [0.25, 0.3) is 10.8 Å². The minimum Gasteiger partial charge on any atom is -0.440 e. The fraction of sp³-hybridized carbons (Fsp3) is 0.250. The molecule has 4 heteroatoms. The van der Waals surface area contributed by atoms with Crippen molar-refractivity contribution in [2.75, 3.05) is 6.54 Å². The normalized spacial score (nSPS) is 17.5. The zero-order valence-corrected chi connectivity index (χ0v) is 14.0. The highest BCUT2D eigenvalue weighted by molar-refractivity contribution is 6.29. The molecule has 1 amide bonds. The third-order valence-corrected chi connectivity index (χ3v) is 4.96. The second-order valence-corrected chi connectivity index (χ2v) is 6.61. The lowest BCUT2D eigenvalue weighted by molar-refractivity contribution is 0.0704. The van der Waals surface area contributed by atoms with E-state index < -0.39 is 0 Å². The molecule has 1 atom stereocenters. The van der Waals surface area contributed by atoms with Gasteiger partial charge in [0.25, 0.3) is 5.91 Å². The van der Waals surface area contributed by atoms with Gasteiger partial charge in [-0.15, -0.1) is 0 Å². The summed E-state index contributed by atoms with van der Waals surface area (Å²) < 4.78 is 5.30. The fourth-order valence-electron chi connectivity index (χ4n) is 3.61. The lowest BCUT2D eigenvalue weighted by Gasteiger charge is -2.24. The second-order valence-electron chi connectivity index (χ2n) is 6.24. The lowest BCUT2D eigenvalue weighted by atomic mass is 9.97. The number of furan rings is 1. The molecule has 0 bridgehead atoms. The van der Waals surface area contributed by atoms with Crippen LogP contribution < -0.4 is 0 Å². The first-order valence-corrected chi connectivity index (χ1v) is 8.63. The Morgan fingerprint density at radius 1 is 1.12 bits per heavy atom. The Hall–Kier alpha value is -2.26. The van der Waals surface area contributed by atoms with Gasteiger partial charge in [-0.3, -0.25) is 4.79 Å². The predicted molar refractivity (Wildman–Crippen MR) is 95.4 cm³/mol. The molecule has 1 saturated heterocycles. The standard InChI is InChI=1S/C20H18ClNO2/c21-19-11-10-18(24-19)20(23)22-12-4-8-16(22)13-15-7-3-6-14-5-1-2-9-17(14)15/h1-3,5-7,9-11,16H,4,8,12-13H2/t16-/m1/s1. The number of fused-ring (bicyclic) bond motifs is 1. The van der Waals surface area contributed by atoms with Crippen LogP contribution >= 0.6 is 11.6 Å². The van der Waals surface area contributed by atoms with Gasteiger partial charge in [0.15, 0.2) is 11.0 Å². The van der Waals surface area contributed by atoms with Gasteiger partial charge in [0, 0.05) is 12.6 Å². The molecular weight excluding hydrogens is 322 g/mol. The summed E-state index contributed by atoms with van der Waals surface area (Å²) in [5.41, 5.74) is 1.29. The zero-order valence-electron chi connectivity index (χ0n) is 13.2. The van der Waals surface area contributed by atoms with Crippen molar-refractivity contribution in [3.8, 4) is 0 Å². The maximum atomic E-state index is 12.7. The Morgan fingerprint density at radius 2 is 1.96 bits per heavy atom. The monoisotopic (exact) mass is 339 g/mol. The summed E-state index contributed by atoms with van der Waals surface area (Å²) in [5, 5.41) is 2.76. The molecule has 1 aromatic heterocycles. The molecule has 3 aromatic rings. The fourth-order valence-corrected chi connectivity index (χ4v) is 3.76. The van der Waals surface area contributed by atoms with Crippen LogP contribution in [0.3, 0.4) is 0 Å². The van der Waals surface area contributed by atoms with Crippen molar-refractivity contribution in [1.29, 1.82) is 0 Å². The number of halogens is 1. The average Bonchev–Trinajstić information content (AvgIpc) is 3.24. The quantitative estimate of drug-likeness (QED) is 0.677. The van der Waals surface area contributed by atoms with Crippen LogP contribution in [0, 0.1) is 0 Å². The van der Waals surface area contributed by atoms with Gasteiger partial charge in [-0.25, -0.2) is 0 Å². The SMILES string of the molecule is O=C(c1ccc(Cl)o1)N1CCC[C@@H]1Cc1cccc2ccccc12. The maximum Gasteiger partial charge on any atom is 0.289 e. The number of carbonyl (C=O) groups is 1. The Labute approximate surface area is 145 Å². The molecule has 2 heterocycles. The minimum absolute atomic E-state index is 0.0652. The van der Waals surface area contributed by atoms with Crippen molar-refractivity contribution in [2.24, 2.45) is 0 Å². The summed E-state index contributed by atoms with van der Waals surface area (Å²) in [6, 6.07) is 18.2. The molecule has 0 radical (unpaired) electrons. The minimum atomic E-state index is -0.0652. The Morgan fingerprint density at radius 3 is 2.79 bits per heavy atom. The van der Waals surface area contributed by atoms with E-state index in [1.165, 1.54) is 16.3 Å². The van der Waals surface area contributed by atoms with Crippen LogP contribution in [-0.4, -0.2) is 23.4 Å². The first-order valence-electron chi connectivity index (χ1n) is 8.25. The molecule has 0 unspecified atom stereocenters. The molecule has 0 N–H and O–H groups in total. The molecule has 0 spiro atoms. The van der Waals surface area contributed by atoms with Gasteiger partial charge in [-0.2, -0.15) is 0 Å². The molecular formula is C20H18ClNO2. The van der Waals surface area contributed by atoms with Crippen LogP contribution in [0.2, 0.25) is 5.22 Å². The Kier molecular flexibility index (Phi) is 4.03. The van der Waals surface area contributed by atoms with Gasteiger partial charge < -0.3 is 9.32 Å². The van der Waals surface area contributed by atoms with Gasteiger partial charge in [0.05, 0.1) is 0 Å². The molecule has 1 aliphatic rings. The Balaban J connectivity index is 1.60. The third kappa shape index (κ3) is 2.80. The average molecular weight is 340 g/mol. The highest BCUT2D eigenvalue weighted by atomic mass is 35.5. The number of carbonyl (C=O) groups excluding carboxylic acids is 1. The van der Waals surface area contributed by atoms with Crippen molar-refractivity contribution < 1.29 is 9.21 Å². The zero-order chi connectivity index (χ0) is 16.5. The maximum absolute atomic E-state index is 12.7. The number of nitrogens with zero attached hydrogens (tertiary/aromatic N) is 1. The van der Waals surface area contributed by atoms with Crippen LogP contribution in [0.15, 0.2) is 59.0 Å². The molecule has 2 aromatic carbocycles. The summed E-state index contributed by atoms with van der Waals surface area (Å²) in [7, 11) is 0. The number of hydrogen-bond acceptors (Lipinski definition) is 2. The van der Waals surface area contributed by atoms with Gasteiger partial charge in [0.1, 0.15) is 0 Å². The van der Waals surface area contributed by atoms with Crippen molar-refractivity contribution >= 4 is 28.3 Å². The van der Waals surface area contributed by atoms with Gasteiger partial charge >= 0.3 is 0 Å². The molecule has 3 nitrogen and oxygen atoms in total. The summed E-state index contributed by atoms with van der Waals surface area (Å²) in [5.74, 6) is 0.259. The van der Waals surface area contributed by atoms with Crippen molar-refractivity contribution in [1.82, 2.24) is 4.90 Å². The number of benzene rings is 2. The summed E-state index contributed by atoms with van der Waals surface area (Å²) >= 11 is 5.81. The van der Waals surface area contributed by atoms with E-state index in [0.29, 0.717) is 5.76 Å². The first kappa shape index (κ1) is 15.3. The highest BCUT2D eigenvalue weighted by Crippen LogP contribution is 2.27. The predicted octanol–water partition coefficient (Wildman–Crippen LogP) is 4.93. The van der Waals surface area contributed by atoms with E-state index in [1.807, 2.05) is 4.90 Å². The summed E-state index contributed by atoms with van der Waals surface area (Å²) in [4.78, 5) is 14.6. The molecule has 1 fully saturated rings. The smallest absolute Gasteiger partial charge is 0.289 e. The van der Waals surface area contributed by atoms with Crippen LogP contribution in [0.4, 0.5) is 0 Å². The lowest BCUT2D eigenvalue weighted by Crippen LogP contribution is -2.36. The second kappa shape index (κ2) is 6.33. The van der Waals surface area contributed by atoms with E-state index in [4.69, 9.17) is 16.0 Å². The van der Waals surface area contributed by atoms with Crippen LogP contribution in [-0.2, 0) is 6.42 Å². The number of rotatable bonds is 3. The van der Waals surface area contributed by atoms with E-state index in [2.05, 4.69) is 42.5 Å². The number of hydrogen-bond donors (Lipinski definition) is 0. The first-order chi connectivity index (χ1) is 11.7. The van der Waals surface area contributed by atoms with Crippen LogP contribution in [0.5, 0.6) is 0 Å².